The molecule has 60 heavy (non-hydrogen) atoms. The second-order valence-electron chi connectivity index (χ2n) is 15.9. The number of likely N-dealkylation sites (tertiary alicyclic amines) is 1. The Morgan fingerprint density at radius 1 is 1.00 bits per heavy atom. The zero-order chi connectivity index (χ0) is 41.9. The Kier molecular flexibility index (Phi) is 9.70. The van der Waals surface area contributed by atoms with Gasteiger partial charge in [-0.25, -0.2) is 14.4 Å². The van der Waals surface area contributed by atoms with Crippen LogP contribution in [0.1, 0.15) is 95.1 Å². The molecule has 1 saturated carbocycles. The van der Waals surface area contributed by atoms with Crippen molar-refractivity contribution in [1.29, 1.82) is 0 Å². The molecule has 2 fully saturated rings. The van der Waals surface area contributed by atoms with Crippen molar-refractivity contribution in [3.8, 4) is 17.1 Å². The van der Waals surface area contributed by atoms with Crippen LogP contribution in [0.5, 0.6) is 5.75 Å². The van der Waals surface area contributed by atoms with E-state index in [1.54, 1.807) is 22.6 Å². The van der Waals surface area contributed by atoms with Gasteiger partial charge in [0, 0.05) is 53.1 Å². The van der Waals surface area contributed by atoms with E-state index in [1.165, 1.54) is 10.8 Å². The van der Waals surface area contributed by atoms with Crippen LogP contribution in [0.25, 0.3) is 17.2 Å². The Morgan fingerprint density at radius 2 is 1.77 bits per heavy atom. The first kappa shape index (κ1) is 39.0. The van der Waals surface area contributed by atoms with Crippen LogP contribution in [0.3, 0.4) is 0 Å². The number of anilines is 1. The molecular weight excluding hydrogens is 783 g/mol. The number of carbonyl (C=O) groups is 2. The van der Waals surface area contributed by atoms with Crippen LogP contribution >= 0.6 is 0 Å². The van der Waals surface area contributed by atoms with Crippen LogP contribution in [0.4, 0.5) is 23.2 Å². The zero-order valence-corrected chi connectivity index (χ0v) is 32.7. The number of amides is 2. The summed E-state index contributed by atoms with van der Waals surface area (Å²) < 4.78 is 63.5. The Balaban J connectivity index is 1.04. The molecule has 1 N–H and O–H groups in total. The van der Waals surface area contributed by atoms with Crippen LogP contribution in [0.2, 0.25) is 0 Å². The average molecular weight is 822 g/mol. The number of alkyl halides is 3. The zero-order valence-electron chi connectivity index (χ0n) is 32.7. The molecule has 5 heterocycles. The minimum Gasteiger partial charge on any atom is -0.485 e. The Bertz CT molecular complexity index is 2710. The quantitative estimate of drug-likeness (QED) is 0.152. The summed E-state index contributed by atoms with van der Waals surface area (Å²) in [6, 6.07) is 15.2. The topological polar surface area (TPSA) is 150 Å². The summed E-state index contributed by atoms with van der Waals surface area (Å²) in [7, 11) is 0. The van der Waals surface area contributed by atoms with Crippen molar-refractivity contribution in [2.75, 3.05) is 18.4 Å². The third kappa shape index (κ3) is 7.15. The molecule has 1 spiro atoms. The van der Waals surface area contributed by atoms with Crippen molar-refractivity contribution < 1.29 is 31.9 Å². The summed E-state index contributed by atoms with van der Waals surface area (Å²) in [5.41, 5.74) is 1.37. The lowest BCUT2D eigenvalue weighted by Gasteiger charge is -2.39. The van der Waals surface area contributed by atoms with E-state index in [-0.39, 0.29) is 35.7 Å². The molecule has 2 aromatic carbocycles. The van der Waals surface area contributed by atoms with Gasteiger partial charge in [-0.3, -0.25) is 19.4 Å². The van der Waals surface area contributed by atoms with Crippen molar-refractivity contribution in [2.24, 2.45) is 0 Å². The summed E-state index contributed by atoms with van der Waals surface area (Å²) in [6.07, 6.45) is 1.71. The monoisotopic (exact) mass is 821 g/mol. The molecule has 4 aromatic heterocycles. The fraction of sp³-hybridized carbons (Fsp3) is 0.349. The molecule has 3 aliphatic rings. The van der Waals surface area contributed by atoms with E-state index in [4.69, 9.17) is 9.72 Å². The molecule has 2 amide bonds. The highest BCUT2D eigenvalue weighted by Crippen LogP contribution is 2.50. The van der Waals surface area contributed by atoms with Crippen molar-refractivity contribution in [1.82, 2.24) is 39.0 Å². The maximum atomic E-state index is 14.9. The predicted octanol–water partition coefficient (Wildman–Crippen LogP) is 6.99. The number of hydrogen-bond acceptors (Lipinski definition) is 9. The van der Waals surface area contributed by atoms with Gasteiger partial charge in [0.2, 0.25) is 11.7 Å². The molecule has 0 radical (unpaired) electrons. The summed E-state index contributed by atoms with van der Waals surface area (Å²) in [5, 5.41) is 7.04. The van der Waals surface area contributed by atoms with Crippen LogP contribution < -0.4 is 15.6 Å². The average Bonchev–Trinajstić information content (AvgIpc) is 3.92. The van der Waals surface area contributed by atoms with E-state index in [9.17, 15) is 31.9 Å². The second-order valence-corrected chi connectivity index (χ2v) is 15.9. The number of nitrogens with one attached hydrogen (secondary N) is 1. The molecule has 308 valence electrons. The van der Waals surface area contributed by atoms with Crippen LogP contribution in [0.15, 0.2) is 78.0 Å². The third-order valence-corrected chi connectivity index (χ3v) is 11.8. The van der Waals surface area contributed by atoms with Gasteiger partial charge in [0.05, 0.1) is 16.9 Å². The standard InChI is InChI=1S/C43H39F4N9O4/c1-24-19-42(14-16-54(17-15-42)40(59)35-37(25(2)49-23-50-35)60-22-26-6-4-3-5-7-26)34-36(24)55(21-33(57)51-32-13-11-29(18-30(32)44)43(45,46)47)41-52-38(53-56(41)39(34)58)28-10-12-31(48-20-28)27-8-9-27/h3-7,10-13,18,20,23-24,27H,8-9,14-17,19,21-22H2,1-2H3,(H,51,57). The van der Waals surface area contributed by atoms with Gasteiger partial charge in [0.1, 0.15) is 25.3 Å². The van der Waals surface area contributed by atoms with E-state index in [1.807, 2.05) is 49.4 Å². The summed E-state index contributed by atoms with van der Waals surface area (Å²) in [4.78, 5) is 62.1. The van der Waals surface area contributed by atoms with Crippen molar-refractivity contribution in [3.05, 3.63) is 129 Å². The number of rotatable bonds is 9. The third-order valence-electron chi connectivity index (χ3n) is 11.8. The second kappa shape index (κ2) is 14.9. The molecule has 2 aliphatic carbocycles. The summed E-state index contributed by atoms with van der Waals surface area (Å²) in [5.74, 6) is -1.60. The summed E-state index contributed by atoms with van der Waals surface area (Å²) in [6.45, 7) is 4.05. The first-order chi connectivity index (χ1) is 28.8. The molecular formula is C43H39F4N9O4. The molecule has 1 unspecified atom stereocenters. The lowest BCUT2D eigenvalue weighted by atomic mass is 9.73. The highest BCUT2D eigenvalue weighted by atomic mass is 19.4. The highest BCUT2D eigenvalue weighted by molar-refractivity contribution is 5.95. The molecule has 1 aliphatic heterocycles. The van der Waals surface area contributed by atoms with E-state index < -0.39 is 46.7 Å². The molecule has 0 bridgehead atoms. The number of nitrogens with zero attached hydrogens (tertiary/aromatic N) is 8. The number of halogens is 4. The number of piperidine rings is 1. The number of carbonyl (C=O) groups excluding carboxylic acids is 2. The number of ether oxygens (including phenoxy) is 1. The Morgan fingerprint density at radius 3 is 2.45 bits per heavy atom. The van der Waals surface area contributed by atoms with E-state index in [0.29, 0.717) is 78.7 Å². The minimum atomic E-state index is -4.77. The fourth-order valence-electron chi connectivity index (χ4n) is 8.69. The summed E-state index contributed by atoms with van der Waals surface area (Å²) >= 11 is 0. The Labute approximate surface area is 340 Å². The number of aromatic nitrogens is 7. The van der Waals surface area contributed by atoms with Gasteiger partial charge >= 0.3 is 6.18 Å². The van der Waals surface area contributed by atoms with Crippen LogP contribution in [-0.2, 0) is 29.5 Å². The van der Waals surface area contributed by atoms with E-state index >= 15 is 0 Å². The van der Waals surface area contributed by atoms with Gasteiger partial charge in [-0.15, -0.1) is 5.10 Å². The lowest BCUT2D eigenvalue weighted by molar-refractivity contribution is -0.137. The number of fused-ring (bicyclic) bond motifs is 3. The minimum absolute atomic E-state index is 0.0711. The molecule has 9 rings (SSSR count). The van der Waals surface area contributed by atoms with Gasteiger partial charge in [0.25, 0.3) is 11.5 Å². The predicted molar refractivity (Wildman–Crippen MR) is 210 cm³/mol. The molecule has 6 aromatic rings. The SMILES string of the molecule is Cc1ncnc(C(=O)N2CCC3(CC2)CC(C)c2c3c(=O)n3nc(-c4ccc(C5CC5)nc4)nc3n2CC(=O)Nc2ccc(C(F)(F)F)cc2F)c1OCc1ccccc1. The van der Waals surface area contributed by atoms with Gasteiger partial charge in [-0.1, -0.05) is 37.3 Å². The fourth-order valence-corrected chi connectivity index (χ4v) is 8.69. The van der Waals surface area contributed by atoms with Crippen molar-refractivity contribution >= 4 is 23.3 Å². The maximum absolute atomic E-state index is 14.9. The number of benzene rings is 2. The lowest BCUT2D eigenvalue weighted by Crippen LogP contribution is -2.47. The van der Waals surface area contributed by atoms with Gasteiger partial charge < -0.3 is 19.5 Å². The first-order valence-electron chi connectivity index (χ1n) is 19.7. The van der Waals surface area contributed by atoms with Crippen LogP contribution in [0, 0.1) is 12.7 Å². The highest BCUT2D eigenvalue weighted by Gasteiger charge is 2.49. The molecule has 17 heteroatoms. The molecule has 13 nitrogen and oxygen atoms in total. The van der Waals surface area contributed by atoms with Gasteiger partial charge in [-0.05, 0) is 80.8 Å². The normalized spacial score (nSPS) is 17.2. The Hall–Kier alpha value is -6.52. The molecule has 1 atom stereocenters. The number of pyridine rings is 1. The smallest absolute Gasteiger partial charge is 0.416 e. The number of aryl methyl sites for hydroxylation is 1. The molecule has 1 saturated heterocycles. The first-order valence-corrected chi connectivity index (χ1v) is 19.7. The van der Waals surface area contributed by atoms with Crippen LogP contribution in [-0.4, -0.2) is 63.9 Å². The van der Waals surface area contributed by atoms with Crippen molar-refractivity contribution in [2.45, 2.75) is 82.5 Å². The van der Waals surface area contributed by atoms with Gasteiger partial charge in [0.15, 0.2) is 17.3 Å². The van der Waals surface area contributed by atoms with E-state index in [2.05, 4.69) is 25.4 Å². The van der Waals surface area contributed by atoms with Gasteiger partial charge in [-0.2, -0.15) is 22.7 Å². The largest absolute Gasteiger partial charge is 0.485 e. The number of hydrogen-bond donors (Lipinski definition) is 1. The van der Waals surface area contributed by atoms with E-state index in [0.717, 1.165) is 30.2 Å². The maximum Gasteiger partial charge on any atom is 0.416 e. The van der Waals surface area contributed by atoms with Crippen molar-refractivity contribution in [3.63, 3.8) is 0 Å².